The van der Waals surface area contributed by atoms with E-state index < -0.39 is 18.7 Å². The van der Waals surface area contributed by atoms with Crippen molar-refractivity contribution in [3.05, 3.63) is 127 Å². The van der Waals surface area contributed by atoms with Crippen LogP contribution in [-0.4, -0.2) is 11.2 Å². The van der Waals surface area contributed by atoms with Crippen molar-refractivity contribution in [3.8, 4) is 0 Å². The Hall–Kier alpha value is -3.62. The molecule has 0 saturated heterocycles. The molecule has 31 heavy (non-hydrogen) atoms. The number of rotatable bonds is 6. The number of hydrogen-bond donors (Lipinski definition) is 0. The molecule has 5 heteroatoms. The van der Waals surface area contributed by atoms with Gasteiger partial charge in [-0.3, -0.25) is 4.79 Å². The van der Waals surface area contributed by atoms with Gasteiger partial charge < -0.3 is 4.57 Å². The summed E-state index contributed by atoms with van der Waals surface area (Å²) < 4.78 is 28.2. The van der Waals surface area contributed by atoms with Crippen LogP contribution in [0.4, 0.5) is 10.1 Å². The lowest BCUT2D eigenvalue weighted by Crippen LogP contribution is -2.28. The van der Waals surface area contributed by atoms with Crippen LogP contribution < -0.4 is 10.6 Å². The Labute approximate surface area is 180 Å². The molecular formula is C26H19FNO2P. The average Bonchev–Trinajstić information content (AvgIpc) is 2.84. The number of benzene rings is 4. The first-order valence-corrected chi connectivity index (χ1v) is 11.5. The lowest BCUT2D eigenvalue weighted by atomic mass is 10.1. The fourth-order valence-corrected chi connectivity index (χ4v) is 5.93. The number of carbonyl (C=O) groups is 1. The molecule has 0 amide bonds. The summed E-state index contributed by atoms with van der Waals surface area (Å²) in [5.74, 6) is -0.842. The molecular weight excluding hydrogens is 408 g/mol. The largest absolute Gasteiger partial charge is 0.307 e. The molecule has 0 heterocycles. The SMILES string of the molecule is O=C(C(=Nc1ccc(F)cc1)P(=O)(c1ccccc1)c1ccccc1)c1ccccc1. The number of Topliss-reactive ketones (excluding diaryl/α,β-unsaturated/α-hetero) is 1. The first-order chi connectivity index (χ1) is 15.1. The highest BCUT2D eigenvalue weighted by Crippen LogP contribution is 2.47. The van der Waals surface area contributed by atoms with Gasteiger partial charge in [0.15, 0.2) is 12.6 Å². The van der Waals surface area contributed by atoms with Gasteiger partial charge in [-0.2, -0.15) is 0 Å². The van der Waals surface area contributed by atoms with E-state index in [1.54, 1.807) is 72.8 Å². The second-order valence-electron chi connectivity index (χ2n) is 6.89. The molecule has 4 aromatic carbocycles. The van der Waals surface area contributed by atoms with Crippen LogP contribution in [0.2, 0.25) is 0 Å². The van der Waals surface area contributed by atoms with Gasteiger partial charge >= 0.3 is 0 Å². The number of carbonyl (C=O) groups excluding carboxylic acids is 1. The second kappa shape index (κ2) is 9.03. The van der Waals surface area contributed by atoms with Crippen molar-refractivity contribution >= 4 is 34.7 Å². The molecule has 0 aliphatic carbocycles. The maximum atomic E-state index is 14.8. The van der Waals surface area contributed by atoms with Gasteiger partial charge in [0, 0.05) is 16.2 Å². The van der Waals surface area contributed by atoms with E-state index in [0.717, 1.165) is 0 Å². The second-order valence-corrected chi connectivity index (χ2v) is 9.56. The summed E-state index contributed by atoms with van der Waals surface area (Å²) in [5.41, 5.74) is 0.672. The number of aliphatic imine (C=N–C) groups is 1. The van der Waals surface area contributed by atoms with E-state index in [2.05, 4.69) is 4.99 Å². The van der Waals surface area contributed by atoms with Crippen LogP contribution in [-0.2, 0) is 4.57 Å². The predicted octanol–water partition coefficient (Wildman–Crippen LogP) is 5.75. The van der Waals surface area contributed by atoms with Crippen molar-refractivity contribution < 1.29 is 13.8 Å². The molecule has 4 aromatic rings. The Morgan fingerprint density at radius 2 is 1.10 bits per heavy atom. The number of nitrogens with zero attached hydrogens (tertiary/aromatic N) is 1. The topological polar surface area (TPSA) is 46.5 Å². The Morgan fingerprint density at radius 1 is 0.645 bits per heavy atom. The summed E-state index contributed by atoms with van der Waals surface area (Å²) in [6, 6.07) is 31.9. The molecule has 0 atom stereocenters. The van der Waals surface area contributed by atoms with E-state index in [1.807, 2.05) is 18.2 Å². The van der Waals surface area contributed by atoms with E-state index in [0.29, 0.717) is 21.9 Å². The van der Waals surface area contributed by atoms with Gasteiger partial charge in [-0.05, 0) is 24.3 Å². The summed E-state index contributed by atoms with van der Waals surface area (Å²) >= 11 is 0. The van der Waals surface area contributed by atoms with Crippen LogP contribution >= 0.6 is 7.14 Å². The van der Waals surface area contributed by atoms with E-state index in [-0.39, 0.29) is 5.45 Å². The first kappa shape index (κ1) is 20.6. The molecule has 3 nitrogen and oxygen atoms in total. The highest BCUT2D eigenvalue weighted by Gasteiger charge is 2.38. The Morgan fingerprint density at radius 3 is 1.58 bits per heavy atom. The highest BCUT2D eigenvalue weighted by atomic mass is 31.2. The van der Waals surface area contributed by atoms with Gasteiger partial charge in [0.05, 0.1) is 5.69 Å². The Balaban J connectivity index is 2.00. The smallest absolute Gasteiger partial charge is 0.215 e. The van der Waals surface area contributed by atoms with Crippen LogP contribution in [0.5, 0.6) is 0 Å². The zero-order valence-electron chi connectivity index (χ0n) is 16.6. The third-order valence-electron chi connectivity index (χ3n) is 4.84. The molecule has 0 saturated carbocycles. The van der Waals surface area contributed by atoms with Gasteiger partial charge in [0.2, 0.25) is 5.78 Å². The summed E-state index contributed by atoms with van der Waals surface area (Å²) in [5, 5.41) is 1.01. The number of hydrogen-bond acceptors (Lipinski definition) is 3. The van der Waals surface area contributed by atoms with E-state index in [1.165, 1.54) is 24.3 Å². The molecule has 4 rings (SSSR count). The van der Waals surface area contributed by atoms with Crippen LogP contribution in [0.1, 0.15) is 10.4 Å². The normalized spacial score (nSPS) is 11.8. The predicted molar refractivity (Wildman–Crippen MR) is 124 cm³/mol. The fourth-order valence-electron chi connectivity index (χ4n) is 3.29. The summed E-state index contributed by atoms with van der Waals surface area (Å²) in [4.78, 5) is 18.2. The van der Waals surface area contributed by atoms with Crippen molar-refractivity contribution in [2.45, 2.75) is 0 Å². The van der Waals surface area contributed by atoms with Gasteiger partial charge in [0.1, 0.15) is 5.82 Å². The summed E-state index contributed by atoms with van der Waals surface area (Å²) in [6.07, 6.45) is 0. The quantitative estimate of drug-likeness (QED) is 0.223. The zero-order valence-corrected chi connectivity index (χ0v) is 17.5. The highest BCUT2D eigenvalue weighted by molar-refractivity contribution is 7.95. The van der Waals surface area contributed by atoms with E-state index in [9.17, 15) is 13.8 Å². The molecule has 0 unspecified atom stereocenters. The van der Waals surface area contributed by atoms with Gasteiger partial charge in [-0.1, -0.05) is 91.0 Å². The molecule has 0 bridgehead atoms. The van der Waals surface area contributed by atoms with Crippen molar-refractivity contribution in [1.29, 1.82) is 0 Å². The molecule has 0 N–H and O–H groups in total. The average molecular weight is 427 g/mol. The minimum absolute atomic E-state index is 0.0669. The molecule has 0 fully saturated rings. The van der Waals surface area contributed by atoms with E-state index >= 15 is 0 Å². The molecule has 0 aliphatic heterocycles. The molecule has 0 aliphatic rings. The number of ketones is 1. The van der Waals surface area contributed by atoms with E-state index in [4.69, 9.17) is 0 Å². The lowest BCUT2D eigenvalue weighted by molar-refractivity contribution is 0.106. The third kappa shape index (κ3) is 4.30. The van der Waals surface area contributed by atoms with Gasteiger partial charge in [-0.15, -0.1) is 0 Å². The van der Waals surface area contributed by atoms with Gasteiger partial charge in [-0.25, -0.2) is 9.38 Å². The summed E-state index contributed by atoms with van der Waals surface area (Å²) in [7, 11) is -3.63. The molecule has 152 valence electrons. The Kier molecular flexibility index (Phi) is 6.01. The third-order valence-corrected chi connectivity index (χ3v) is 7.79. The summed E-state index contributed by atoms with van der Waals surface area (Å²) in [6.45, 7) is 0. The van der Waals surface area contributed by atoms with Crippen LogP contribution in [0, 0.1) is 5.82 Å². The van der Waals surface area contributed by atoms with Crippen molar-refractivity contribution in [1.82, 2.24) is 0 Å². The maximum absolute atomic E-state index is 14.8. The molecule has 0 spiro atoms. The first-order valence-electron chi connectivity index (χ1n) is 9.75. The lowest BCUT2D eigenvalue weighted by Gasteiger charge is -2.21. The minimum Gasteiger partial charge on any atom is -0.307 e. The van der Waals surface area contributed by atoms with Crippen LogP contribution in [0.3, 0.4) is 0 Å². The maximum Gasteiger partial charge on any atom is 0.215 e. The van der Waals surface area contributed by atoms with Crippen molar-refractivity contribution in [2.24, 2.45) is 4.99 Å². The van der Waals surface area contributed by atoms with Gasteiger partial charge in [0.25, 0.3) is 0 Å². The number of halogens is 1. The molecule has 0 aromatic heterocycles. The minimum atomic E-state index is -3.63. The monoisotopic (exact) mass is 427 g/mol. The molecule has 0 radical (unpaired) electrons. The fraction of sp³-hybridized carbons (Fsp3) is 0. The van der Waals surface area contributed by atoms with Crippen molar-refractivity contribution in [3.63, 3.8) is 0 Å². The van der Waals surface area contributed by atoms with Crippen LogP contribution in [0.25, 0.3) is 0 Å². The Bertz CT molecular complexity index is 1210. The standard InChI is InChI=1S/C26H19FNO2P/c27-21-16-18-22(19-17-21)28-26(25(29)20-10-4-1-5-11-20)31(30,23-12-6-2-7-13-23)24-14-8-3-9-15-24/h1-19H. The van der Waals surface area contributed by atoms with Crippen LogP contribution in [0.15, 0.2) is 120 Å². The van der Waals surface area contributed by atoms with Crippen molar-refractivity contribution in [2.75, 3.05) is 0 Å². The zero-order chi connectivity index (χ0) is 21.7.